The van der Waals surface area contributed by atoms with Gasteiger partial charge in [-0.25, -0.2) is 13.9 Å². The molecule has 33 heavy (non-hydrogen) atoms. The summed E-state index contributed by atoms with van der Waals surface area (Å²) in [6.07, 6.45) is -4.46. The Bertz CT molecular complexity index is 887. The van der Waals surface area contributed by atoms with Crippen molar-refractivity contribution in [2.75, 3.05) is 50.9 Å². The highest BCUT2D eigenvalue weighted by Gasteiger charge is 2.54. The van der Waals surface area contributed by atoms with Gasteiger partial charge in [-0.2, -0.15) is 17.5 Å². The van der Waals surface area contributed by atoms with E-state index < -0.39 is 33.5 Å². The maximum Gasteiger partial charge on any atom is 0.411 e. The molecule has 2 saturated heterocycles. The van der Waals surface area contributed by atoms with Gasteiger partial charge in [0.25, 0.3) is 5.91 Å². The molecule has 0 aliphatic carbocycles. The summed E-state index contributed by atoms with van der Waals surface area (Å²) in [6, 6.07) is 6.82. The molecule has 188 valence electrons. The zero-order valence-electron chi connectivity index (χ0n) is 17.7. The van der Waals surface area contributed by atoms with E-state index in [1.807, 2.05) is 4.90 Å². The molecule has 1 amide bonds. The quantitative estimate of drug-likeness (QED) is 0.418. The van der Waals surface area contributed by atoms with Crippen LogP contribution in [0, 0.1) is 0 Å². The summed E-state index contributed by atoms with van der Waals surface area (Å²) < 4.78 is 72.5. The summed E-state index contributed by atoms with van der Waals surface area (Å²) in [7, 11) is -4.05. The summed E-state index contributed by atoms with van der Waals surface area (Å²) in [6.45, 7) is -0.220. The predicted octanol–water partition coefficient (Wildman–Crippen LogP) is 1.69. The molecule has 0 spiro atoms. The van der Waals surface area contributed by atoms with Gasteiger partial charge >= 0.3 is 6.18 Å². The first kappa shape index (κ1) is 27.6. The van der Waals surface area contributed by atoms with Crippen LogP contribution in [-0.4, -0.2) is 80.8 Å². The molecule has 1 aromatic rings. The number of carbonyl (C=O) groups is 1. The van der Waals surface area contributed by atoms with Crippen molar-refractivity contribution in [2.24, 2.45) is 0 Å². The van der Waals surface area contributed by atoms with Gasteiger partial charge in [-0.3, -0.25) is 10.0 Å². The minimum Gasteiger partial charge on any atom is -0.381 e. The van der Waals surface area contributed by atoms with E-state index in [1.54, 1.807) is 24.3 Å². The number of hydrogen-bond acceptors (Lipinski definition) is 7. The van der Waals surface area contributed by atoms with Gasteiger partial charge in [0.2, 0.25) is 10.0 Å². The van der Waals surface area contributed by atoms with Crippen LogP contribution in [0.15, 0.2) is 24.3 Å². The fourth-order valence-electron chi connectivity index (χ4n) is 3.93. The number of ether oxygens (including phenoxy) is 2. The standard InChI is InChI=1S/C19H26F3N3O6S.ClH/c20-19(21,22)14-31-13-15-1-3-16(4-2-15)24-7-9-25(10-8-24)32(28,29)18(17(26)23-27)5-11-30-12-6-18;/h1-4,27H,5-14H2,(H,23,26);1H. The first-order chi connectivity index (χ1) is 15.1. The average molecular weight is 518 g/mol. The summed E-state index contributed by atoms with van der Waals surface area (Å²) >= 11 is 0. The molecule has 0 aromatic heterocycles. The van der Waals surface area contributed by atoms with Crippen LogP contribution in [0.2, 0.25) is 0 Å². The molecule has 2 fully saturated rings. The van der Waals surface area contributed by atoms with E-state index in [2.05, 4.69) is 4.74 Å². The van der Waals surface area contributed by atoms with Crippen molar-refractivity contribution in [1.82, 2.24) is 9.79 Å². The molecule has 3 rings (SSSR count). The summed E-state index contributed by atoms with van der Waals surface area (Å²) in [5, 5.41) is 9.12. The molecule has 1 aromatic carbocycles. The second kappa shape index (κ2) is 11.2. The molecule has 2 aliphatic rings. The lowest BCUT2D eigenvalue weighted by molar-refractivity contribution is -0.176. The normalized spacial score (nSPS) is 19.6. The summed E-state index contributed by atoms with van der Waals surface area (Å²) in [5.41, 5.74) is 2.89. The molecule has 9 nitrogen and oxygen atoms in total. The van der Waals surface area contributed by atoms with Crippen LogP contribution >= 0.6 is 12.4 Å². The van der Waals surface area contributed by atoms with Crippen LogP contribution in [-0.2, 0) is 30.9 Å². The lowest BCUT2D eigenvalue weighted by Gasteiger charge is -2.42. The van der Waals surface area contributed by atoms with Crippen LogP contribution in [0.25, 0.3) is 0 Å². The lowest BCUT2D eigenvalue weighted by Crippen LogP contribution is -2.62. The number of carbonyl (C=O) groups excluding carboxylic acids is 1. The smallest absolute Gasteiger partial charge is 0.381 e. The Balaban J connectivity index is 0.00000385. The van der Waals surface area contributed by atoms with Gasteiger partial charge in [0, 0.05) is 57.9 Å². The Labute approximate surface area is 196 Å². The molecule has 0 unspecified atom stereocenters. The fraction of sp³-hybridized carbons (Fsp3) is 0.632. The number of sulfonamides is 1. The Morgan fingerprint density at radius 3 is 2.21 bits per heavy atom. The maximum absolute atomic E-state index is 13.3. The van der Waals surface area contributed by atoms with Gasteiger partial charge in [0.1, 0.15) is 6.61 Å². The number of nitrogens with one attached hydrogen (secondary N) is 1. The first-order valence-electron chi connectivity index (χ1n) is 10.1. The SMILES string of the molecule is Cl.O=C(NO)C1(S(=O)(=O)N2CCN(c3ccc(COCC(F)(F)F)cc3)CC2)CCOCC1. The van der Waals surface area contributed by atoms with E-state index >= 15 is 0 Å². The van der Waals surface area contributed by atoms with E-state index in [0.717, 1.165) is 5.69 Å². The van der Waals surface area contributed by atoms with E-state index in [1.165, 1.54) is 9.79 Å². The van der Waals surface area contributed by atoms with Crippen molar-refractivity contribution in [1.29, 1.82) is 0 Å². The van der Waals surface area contributed by atoms with Gasteiger partial charge in [-0.15, -0.1) is 12.4 Å². The predicted molar refractivity (Wildman–Crippen MR) is 115 cm³/mol. The second-order valence-electron chi connectivity index (χ2n) is 7.71. The highest BCUT2D eigenvalue weighted by molar-refractivity contribution is 7.91. The molecule has 2 heterocycles. The number of benzene rings is 1. The minimum atomic E-state index is -4.37. The molecule has 14 heteroatoms. The fourth-order valence-corrected chi connectivity index (χ4v) is 6.03. The highest BCUT2D eigenvalue weighted by Crippen LogP contribution is 2.33. The molecular formula is C19H27ClF3N3O6S. The van der Waals surface area contributed by atoms with Crippen LogP contribution in [0.5, 0.6) is 0 Å². The zero-order chi connectivity index (χ0) is 23.4. The third-order valence-electron chi connectivity index (χ3n) is 5.72. The van der Waals surface area contributed by atoms with Crippen LogP contribution < -0.4 is 10.4 Å². The number of rotatable bonds is 7. The molecule has 2 aliphatic heterocycles. The van der Waals surface area contributed by atoms with E-state index in [9.17, 15) is 26.4 Å². The number of piperazine rings is 1. The Morgan fingerprint density at radius 1 is 1.12 bits per heavy atom. The van der Waals surface area contributed by atoms with Crippen molar-refractivity contribution in [2.45, 2.75) is 30.4 Å². The zero-order valence-corrected chi connectivity index (χ0v) is 19.3. The molecule has 2 N–H and O–H groups in total. The highest BCUT2D eigenvalue weighted by atomic mass is 35.5. The van der Waals surface area contributed by atoms with Gasteiger partial charge < -0.3 is 14.4 Å². The first-order valence-corrected chi connectivity index (χ1v) is 11.5. The minimum absolute atomic E-state index is 0. The topological polar surface area (TPSA) is 108 Å². The monoisotopic (exact) mass is 517 g/mol. The van der Waals surface area contributed by atoms with Crippen molar-refractivity contribution < 1.29 is 41.1 Å². The Hall–Kier alpha value is -1.64. The maximum atomic E-state index is 13.3. The third kappa shape index (κ3) is 6.28. The summed E-state index contributed by atoms with van der Waals surface area (Å²) in [4.78, 5) is 14.3. The number of hydrogen-bond donors (Lipinski definition) is 2. The second-order valence-corrected chi connectivity index (χ2v) is 9.96. The van der Waals surface area contributed by atoms with Crippen LogP contribution in [0.4, 0.5) is 18.9 Å². The van der Waals surface area contributed by atoms with Crippen molar-refractivity contribution in [3.63, 3.8) is 0 Å². The number of amides is 1. The van der Waals surface area contributed by atoms with E-state index in [0.29, 0.717) is 18.7 Å². The van der Waals surface area contributed by atoms with Gasteiger partial charge in [-0.1, -0.05) is 12.1 Å². The number of nitrogens with zero attached hydrogens (tertiary/aromatic N) is 2. The summed E-state index contributed by atoms with van der Waals surface area (Å²) in [5.74, 6) is -0.952. The van der Waals surface area contributed by atoms with Gasteiger partial charge in [0.15, 0.2) is 4.75 Å². The molecule has 0 atom stereocenters. The van der Waals surface area contributed by atoms with Crippen LogP contribution in [0.1, 0.15) is 18.4 Å². The Morgan fingerprint density at radius 2 is 1.70 bits per heavy atom. The average Bonchev–Trinajstić information content (AvgIpc) is 2.78. The van der Waals surface area contributed by atoms with E-state index in [4.69, 9.17) is 9.94 Å². The van der Waals surface area contributed by atoms with E-state index in [-0.39, 0.29) is 58.2 Å². The lowest BCUT2D eigenvalue weighted by atomic mass is 9.98. The third-order valence-corrected chi connectivity index (χ3v) is 8.35. The Kier molecular flexibility index (Phi) is 9.36. The van der Waals surface area contributed by atoms with Crippen LogP contribution in [0.3, 0.4) is 0 Å². The molecule has 0 radical (unpaired) electrons. The van der Waals surface area contributed by atoms with Gasteiger partial charge in [0.05, 0.1) is 6.61 Å². The molecule has 0 saturated carbocycles. The number of anilines is 1. The number of halogens is 4. The van der Waals surface area contributed by atoms with Crippen molar-refractivity contribution in [3.05, 3.63) is 29.8 Å². The number of alkyl halides is 3. The van der Waals surface area contributed by atoms with Crippen molar-refractivity contribution in [3.8, 4) is 0 Å². The van der Waals surface area contributed by atoms with Gasteiger partial charge in [-0.05, 0) is 17.7 Å². The molecule has 0 bridgehead atoms. The van der Waals surface area contributed by atoms with Crippen molar-refractivity contribution >= 4 is 34.0 Å². The largest absolute Gasteiger partial charge is 0.411 e. The molecular weight excluding hydrogens is 491 g/mol. The number of hydroxylamine groups is 1.